The number of benzene rings is 1. The molecule has 0 spiro atoms. The number of nitrogens with zero attached hydrogens (tertiary/aromatic N) is 4. The topological polar surface area (TPSA) is 69.6 Å². The Hall–Kier alpha value is -2.27. The van der Waals surface area contributed by atoms with Crippen LogP contribution in [0.25, 0.3) is 10.9 Å². The van der Waals surface area contributed by atoms with E-state index in [1.54, 1.807) is 18.6 Å². The molecule has 1 aromatic carbocycles. The van der Waals surface area contributed by atoms with Gasteiger partial charge in [-0.25, -0.2) is 0 Å². The highest BCUT2D eigenvalue weighted by molar-refractivity contribution is 5.82. The van der Waals surface area contributed by atoms with Gasteiger partial charge in [0.2, 0.25) is 0 Å². The van der Waals surface area contributed by atoms with E-state index < -0.39 is 0 Å². The number of rotatable bonds is 2. The molecule has 2 aromatic heterocycles. The fourth-order valence-electron chi connectivity index (χ4n) is 2.08. The zero-order valence-corrected chi connectivity index (χ0v) is 9.99. The van der Waals surface area contributed by atoms with E-state index in [-0.39, 0.29) is 6.04 Å². The van der Waals surface area contributed by atoms with Crippen molar-refractivity contribution in [1.29, 1.82) is 0 Å². The Morgan fingerprint density at radius 2 is 2.06 bits per heavy atom. The summed E-state index contributed by atoms with van der Waals surface area (Å²) in [5, 5.41) is 5.54. The number of fused-ring (bicyclic) bond motifs is 1. The molecule has 0 bridgehead atoms. The predicted molar refractivity (Wildman–Crippen MR) is 68.8 cm³/mol. The lowest BCUT2D eigenvalue weighted by atomic mass is 10.1. The molecule has 0 saturated heterocycles. The summed E-state index contributed by atoms with van der Waals surface area (Å²) in [5.41, 5.74) is 8.83. The van der Waals surface area contributed by atoms with Crippen molar-refractivity contribution in [2.45, 2.75) is 6.04 Å². The van der Waals surface area contributed by atoms with Crippen LogP contribution in [-0.2, 0) is 7.05 Å². The third-order valence-electron chi connectivity index (χ3n) is 2.98. The minimum absolute atomic E-state index is 0.357. The zero-order valence-electron chi connectivity index (χ0n) is 9.99. The van der Waals surface area contributed by atoms with Gasteiger partial charge in [0, 0.05) is 24.8 Å². The van der Waals surface area contributed by atoms with Crippen molar-refractivity contribution in [3.05, 3.63) is 54.2 Å². The molecule has 0 aliphatic heterocycles. The smallest absolute Gasteiger partial charge is 0.0940 e. The Morgan fingerprint density at radius 3 is 2.83 bits per heavy atom. The number of nitrogens with two attached hydrogens (primary N) is 1. The van der Waals surface area contributed by atoms with Crippen LogP contribution in [0.2, 0.25) is 0 Å². The first-order valence-electron chi connectivity index (χ1n) is 5.70. The second-order valence-electron chi connectivity index (χ2n) is 4.13. The Bertz CT molecular complexity index is 674. The van der Waals surface area contributed by atoms with E-state index in [4.69, 9.17) is 5.73 Å². The average Bonchev–Trinajstić information content (AvgIpc) is 2.77. The molecule has 1 atom stereocenters. The number of aryl methyl sites for hydroxylation is 1. The molecule has 0 aliphatic carbocycles. The summed E-state index contributed by atoms with van der Waals surface area (Å²) in [7, 11) is 1.91. The van der Waals surface area contributed by atoms with E-state index in [2.05, 4.69) is 15.1 Å². The summed E-state index contributed by atoms with van der Waals surface area (Å²) >= 11 is 0. The van der Waals surface area contributed by atoms with Crippen molar-refractivity contribution in [3.63, 3.8) is 0 Å². The molecule has 90 valence electrons. The molecule has 5 heteroatoms. The summed E-state index contributed by atoms with van der Waals surface area (Å²) in [6.45, 7) is 0. The average molecular weight is 239 g/mol. The minimum atomic E-state index is -0.357. The molecular weight excluding hydrogens is 226 g/mol. The maximum Gasteiger partial charge on any atom is 0.0940 e. The highest BCUT2D eigenvalue weighted by Crippen LogP contribution is 2.24. The van der Waals surface area contributed by atoms with Crippen molar-refractivity contribution in [2.24, 2.45) is 12.8 Å². The summed E-state index contributed by atoms with van der Waals surface area (Å²) in [6, 6.07) is 7.66. The van der Waals surface area contributed by atoms with Gasteiger partial charge < -0.3 is 5.73 Å². The minimum Gasteiger partial charge on any atom is -0.318 e. The Balaban J connectivity index is 2.15. The zero-order chi connectivity index (χ0) is 12.5. The molecule has 3 aromatic rings. The van der Waals surface area contributed by atoms with Crippen molar-refractivity contribution in [3.8, 4) is 0 Å². The molecule has 2 N–H and O–H groups in total. The van der Waals surface area contributed by atoms with E-state index in [0.717, 1.165) is 22.3 Å². The third-order valence-corrected chi connectivity index (χ3v) is 2.98. The van der Waals surface area contributed by atoms with Gasteiger partial charge in [-0.2, -0.15) is 5.10 Å². The molecule has 0 radical (unpaired) electrons. The molecule has 3 rings (SSSR count). The van der Waals surface area contributed by atoms with Crippen molar-refractivity contribution < 1.29 is 0 Å². The summed E-state index contributed by atoms with van der Waals surface area (Å²) in [4.78, 5) is 8.28. The van der Waals surface area contributed by atoms with Crippen LogP contribution in [0.15, 0.2) is 42.9 Å². The van der Waals surface area contributed by atoms with Crippen LogP contribution in [-0.4, -0.2) is 19.7 Å². The summed E-state index contributed by atoms with van der Waals surface area (Å²) in [6.07, 6.45) is 4.95. The number of hydrogen-bond acceptors (Lipinski definition) is 4. The maximum atomic E-state index is 6.22. The van der Waals surface area contributed by atoms with Gasteiger partial charge in [-0.15, -0.1) is 0 Å². The van der Waals surface area contributed by atoms with Gasteiger partial charge in [0.05, 0.1) is 29.1 Å². The Kier molecular flexibility index (Phi) is 2.53. The third kappa shape index (κ3) is 1.65. The van der Waals surface area contributed by atoms with Gasteiger partial charge in [0.25, 0.3) is 0 Å². The van der Waals surface area contributed by atoms with Crippen LogP contribution >= 0.6 is 0 Å². The van der Waals surface area contributed by atoms with Crippen LogP contribution in [0.5, 0.6) is 0 Å². The van der Waals surface area contributed by atoms with Crippen LogP contribution in [0.1, 0.15) is 17.4 Å². The van der Waals surface area contributed by atoms with Gasteiger partial charge in [0.1, 0.15) is 0 Å². The predicted octanol–water partition coefficient (Wildman–Crippen LogP) is 1.41. The first kappa shape index (κ1) is 10.9. The molecule has 0 aliphatic rings. The van der Waals surface area contributed by atoms with E-state index in [1.807, 2.05) is 36.0 Å². The van der Waals surface area contributed by atoms with Gasteiger partial charge in [-0.3, -0.25) is 14.6 Å². The molecular formula is C13H13N5. The molecule has 0 amide bonds. The quantitative estimate of drug-likeness (QED) is 0.734. The standard InChI is InChI=1S/C13H13N5/c1-18-11-5-3-2-4-9(11)13(17-18)12(14)10-8-15-6-7-16-10/h2-8,12H,14H2,1H3. The van der Waals surface area contributed by atoms with E-state index in [9.17, 15) is 0 Å². The number of hydrogen-bond donors (Lipinski definition) is 1. The first-order valence-corrected chi connectivity index (χ1v) is 5.70. The second kappa shape index (κ2) is 4.19. The van der Waals surface area contributed by atoms with E-state index >= 15 is 0 Å². The number of para-hydroxylation sites is 1. The highest BCUT2D eigenvalue weighted by atomic mass is 15.3. The van der Waals surface area contributed by atoms with E-state index in [1.165, 1.54) is 0 Å². The second-order valence-corrected chi connectivity index (χ2v) is 4.13. The monoisotopic (exact) mass is 239 g/mol. The van der Waals surface area contributed by atoms with Gasteiger partial charge in [-0.1, -0.05) is 18.2 Å². The number of aromatic nitrogens is 4. The molecule has 1 unspecified atom stereocenters. The SMILES string of the molecule is Cn1nc(C(N)c2cnccn2)c2ccccc21. The van der Waals surface area contributed by atoms with Gasteiger partial charge in [-0.05, 0) is 6.07 Å². The largest absolute Gasteiger partial charge is 0.318 e. The summed E-state index contributed by atoms with van der Waals surface area (Å²) in [5.74, 6) is 0. The lowest BCUT2D eigenvalue weighted by Gasteiger charge is -2.07. The lowest BCUT2D eigenvalue weighted by molar-refractivity contribution is 0.718. The molecule has 2 heterocycles. The molecule has 0 saturated carbocycles. The Labute approximate surface area is 104 Å². The molecule has 5 nitrogen and oxygen atoms in total. The normalized spacial score (nSPS) is 12.8. The summed E-state index contributed by atoms with van der Waals surface area (Å²) < 4.78 is 1.83. The van der Waals surface area contributed by atoms with E-state index in [0.29, 0.717) is 0 Å². The molecule has 0 fully saturated rings. The van der Waals surface area contributed by atoms with Crippen LogP contribution in [0, 0.1) is 0 Å². The van der Waals surface area contributed by atoms with Crippen molar-refractivity contribution in [2.75, 3.05) is 0 Å². The lowest BCUT2D eigenvalue weighted by Crippen LogP contribution is -2.15. The van der Waals surface area contributed by atoms with Crippen molar-refractivity contribution in [1.82, 2.24) is 19.7 Å². The van der Waals surface area contributed by atoms with Crippen LogP contribution in [0.4, 0.5) is 0 Å². The molecule has 18 heavy (non-hydrogen) atoms. The van der Waals surface area contributed by atoms with Gasteiger partial charge >= 0.3 is 0 Å². The maximum absolute atomic E-state index is 6.22. The fraction of sp³-hybridized carbons (Fsp3) is 0.154. The highest BCUT2D eigenvalue weighted by Gasteiger charge is 2.17. The van der Waals surface area contributed by atoms with Crippen LogP contribution in [0.3, 0.4) is 0 Å². The van der Waals surface area contributed by atoms with Gasteiger partial charge in [0.15, 0.2) is 0 Å². The first-order chi connectivity index (χ1) is 8.77. The Morgan fingerprint density at radius 1 is 1.22 bits per heavy atom. The van der Waals surface area contributed by atoms with Crippen molar-refractivity contribution >= 4 is 10.9 Å². The fourth-order valence-corrected chi connectivity index (χ4v) is 2.08. The van der Waals surface area contributed by atoms with Crippen LogP contribution < -0.4 is 5.73 Å².